The van der Waals surface area contributed by atoms with E-state index in [4.69, 9.17) is 18.9 Å². The molecule has 0 aliphatic heterocycles. The first-order chi connectivity index (χ1) is 12.7. The molecule has 2 rings (SSSR count). The van der Waals surface area contributed by atoms with Gasteiger partial charge in [-0.1, -0.05) is 12.1 Å². The minimum absolute atomic E-state index is 0.197. The van der Waals surface area contributed by atoms with Crippen molar-refractivity contribution in [2.45, 2.75) is 13.8 Å². The summed E-state index contributed by atoms with van der Waals surface area (Å²) >= 11 is 0. The highest BCUT2D eigenvalue weighted by molar-refractivity contribution is 5.94. The Morgan fingerprint density at radius 2 is 1.54 bits per heavy atom. The molecular formula is C20H25NO5. The predicted molar refractivity (Wildman–Crippen MR) is 99.6 cm³/mol. The molecule has 0 saturated carbocycles. The van der Waals surface area contributed by atoms with Gasteiger partial charge in [-0.3, -0.25) is 4.79 Å². The molecule has 0 radical (unpaired) electrons. The van der Waals surface area contributed by atoms with E-state index in [1.807, 2.05) is 38.1 Å². The SMILES string of the molecule is CCOc1ccc(C(=O)NCCOc2ccccc2OC)cc1OCC. The number of hydrogen-bond donors (Lipinski definition) is 1. The van der Waals surface area contributed by atoms with E-state index in [1.165, 1.54) is 0 Å². The van der Waals surface area contributed by atoms with Crippen molar-refractivity contribution < 1.29 is 23.7 Å². The highest BCUT2D eigenvalue weighted by Crippen LogP contribution is 2.28. The van der Waals surface area contributed by atoms with Crippen LogP contribution in [0.3, 0.4) is 0 Å². The largest absolute Gasteiger partial charge is 0.493 e. The molecule has 6 nitrogen and oxygen atoms in total. The molecule has 6 heteroatoms. The van der Waals surface area contributed by atoms with Crippen molar-refractivity contribution in [3.63, 3.8) is 0 Å². The predicted octanol–water partition coefficient (Wildman–Crippen LogP) is 3.30. The van der Waals surface area contributed by atoms with Crippen molar-refractivity contribution >= 4 is 5.91 Å². The maximum atomic E-state index is 12.3. The number of carbonyl (C=O) groups excluding carboxylic acids is 1. The molecule has 0 heterocycles. The first-order valence-electron chi connectivity index (χ1n) is 8.63. The molecule has 0 unspecified atom stereocenters. The van der Waals surface area contributed by atoms with Gasteiger partial charge in [0.1, 0.15) is 6.61 Å². The molecule has 140 valence electrons. The van der Waals surface area contributed by atoms with E-state index < -0.39 is 0 Å². The summed E-state index contributed by atoms with van der Waals surface area (Å²) in [7, 11) is 1.59. The van der Waals surface area contributed by atoms with E-state index in [9.17, 15) is 4.79 Å². The van der Waals surface area contributed by atoms with Crippen molar-refractivity contribution in [3.8, 4) is 23.0 Å². The van der Waals surface area contributed by atoms with Crippen molar-refractivity contribution in [2.75, 3.05) is 33.5 Å². The number of hydrogen-bond acceptors (Lipinski definition) is 5. The summed E-state index contributed by atoms with van der Waals surface area (Å²) in [5.41, 5.74) is 0.509. The average Bonchev–Trinajstić information content (AvgIpc) is 2.67. The Bertz CT molecular complexity index is 717. The van der Waals surface area contributed by atoms with Gasteiger partial charge in [0.05, 0.1) is 26.9 Å². The molecule has 0 aromatic heterocycles. The van der Waals surface area contributed by atoms with Crippen molar-refractivity contribution in [2.24, 2.45) is 0 Å². The molecule has 0 saturated heterocycles. The van der Waals surface area contributed by atoms with E-state index in [-0.39, 0.29) is 5.91 Å². The smallest absolute Gasteiger partial charge is 0.251 e. The Balaban J connectivity index is 1.90. The first kappa shape index (κ1) is 19.4. The van der Waals surface area contributed by atoms with E-state index in [0.29, 0.717) is 54.9 Å². The summed E-state index contributed by atoms with van der Waals surface area (Å²) < 4.78 is 21.9. The second kappa shape index (κ2) is 10.2. The zero-order chi connectivity index (χ0) is 18.8. The number of carbonyl (C=O) groups is 1. The van der Waals surface area contributed by atoms with Gasteiger partial charge in [0.25, 0.3) is 5.91 Å². The van der Waals surface area contributed by atoms with Gasteiger partial charge in [-0.05, 0) is 44.2 Å². The summed E-state index contributed by atoms with van der Waals surface area (Å²) in [5.74, 6) is 2.30. The van der Waals surface area contributed by atoms with Crippen LogP contribution in [-0.4, -0.2) is 39.4 Å². The molecule has 1 amide bonds. The number of rotatable bonds is 10. The zero-order valence-corrected chi connectivity index (χ0v) is 15.4. The van der Waals surface area contributed by atoms with E-state index in [2.05, 4.69) is 5.32 Å². The Morgan fingerprint density at radius 3 is 2.23 bits per heavy atom. The van der Waals surface area contributed by atoms with Crippen molar-refractivity contribution in [1.82, 2.24) is 5.32 Å². The number of benzene rings is 2. The van der Waals surface area contributed by atoms with Crippen LogP contribution in [0.25, 0.3) is 0 Å². The minimum atomic E-state index is -0.197. The lowest BCUT2D eigenvalue weighted by Crippen LogP contribution is -2.28. The molecule has 2 aromatic rings. The summed E-state index contributed by atoms with van der Waals surface area (Å²) in [4.78, 5) is 12.3. The van der Waals surface area contributed by atoms with Crippen LogP contribution in [0, 0.1) is 0 Å². The highest BCUT2D eigenvalue weighted by Gasteiger charge is 2.11. The Hall–Kier alpha value is -2.89. The first-order valence-corrected chi connectivity index (χ1v) is 8.63. The molecule has 0 spiro atoms. The third-order valence-electron chi connectivity index (χ3n) is 3.52. The molecule has 0 bridgehead atoms. The third-order valence-corrected chi connectivity index (χ3v) is 3.52. The number of amides is 1. The maximum Gasteiger partial charge on any atom is 0.251 e. The summed E-state index contributed by atoms with van der Waals surface area (Å²) in [5, 5.41) is 2.83. The second-order valence-corrected chi connectivity index (χ2v) is 5.28. The van der Waals surface area contributed by atoms with Crippen LogP contribution in [0.1, 0.15) is 24.2 Å². The second-order valence-electron chi connectivity index (χ2n) is 5.28. The van der Waals surface area contributed by atoms with E-state index >= 15 is 0 Å². The molecule has 2 aromatic carbocycles. The molecule has 0 atom stereocenters. The Morgan fingerprint density at radius 1 is 0.885 bits per heavy atom. The quantitative estimate of drug-likeness (QED) is 0.660. The highest BCUT2D eigenvalue weighted by atomic mass is 16.5. The molecular weight excluding hydrogens is 334 g/mol. The lowest BCUT2D eigenvalue weighted by atomic mass is 10.2. The third kappa shape index (κ3) is 5.31. The number of ether oxygens (including phenoxy) is 4. The van der Waals surface area contributed by atoms with Gasteiger partial charge in [-0.2, -0.15) is 0 Å². The number of methoxy groups -OCH3 is 1. The van der Waals surface area contributed by atoms with Gasteiger partial charge in [-0.25, -0.2) is 0 Å². The van der Waals surface area contributed by atoms with Crippen LogP contribution < -0.4 is 24.3 Å². The van der Waals surface area contributed by atoms with Gasteiger partial charge in [0, 0.05) is 5.56 Å². The van der Waals surface area contributed by atoms with E-state index in [0.717, 1.165) is 0 Å². The number of nitrogens with one attached hydrogen (secondary N) is 1. The monoisotopic (exact) mass is 359 g/mol. The fourth-order valence-corrected chi connectivity index (χ4v) is 2.36. The molecule has 0 fully saturated rings. The van der Waals surface area contributed by atoms with Crippen molar-refractivity contribution in [1.29, 1.82) is 0 Å². The van der Waals surface area contributed by atoms with Gasteiger partial charge in [0.15, 0.2) is 23.0 Å². The Kier molecular flexibility index (Phi) is 7.61. The van der Waals surface area contributed by atoms with Crippen LogP contribution in [0.5, 0.6) is 23.0 Å². The van der Waals surface area contributed by atoms with Gasteiger partial charge >= 0.3 is 0 Å². The topological polar surface area (TPSA) is 66.0 Å². The van der Waals surface area contributed by atoms with Crippen LogP contribution in [-0.2, 0) is 0 Å². The van der Waals surface area contributed by atoms with Crippen LogP contribution in [0.15, 0.2) is 42.5 Å². The van der Waals surface area contributed by atoms with Gasteiger partial charge < -0.3 is 24.3 Å². The lowest BCUT2D eigenvalue weighted by Gasteiger charge is -2.13. The lowest BCUT2D eigenvalue weighted by molar-refractivity contribution is 0.0946. The van der Waals surface area contributed by atoms with Crippen molar-refractivity contribution in [3.05, 3.63) is 48.0 Å². The molecule has 26 heavy (non-hydrogen) atoms. The van der Waals surface area contributed by atoms with Crippen LogP contribution in [0.2, 0.25) is 0 Å². The van der Waals surface area contributed by atoms with E-state index in [1.54, 1.807) is 25.3 Å². The fraction of sp³-hybridized carbons (Fsp3) is 0.350. The minimum Gasteiger partial charge on any atom is -0.493 e. The summed E-state index contributed by atoms with van der Waals surface area (Å²) in [6, 6.07) is 12.5. The molecule has 0 aliphatic rings. The standard InChI is InChI=1S/C20H25NO5/c1-4-24-18-11-10-15(14-19(18)25-5-2)20(22)21-12-13-26-17-9-7-6-8-16(17)23-3/h6-11,14H,4-5,12-13H2,1-3H3,(H,21,22). The fourth-order valence-electron chi connectivity index (χ4n) is 2.36. The average molecular weight is 359 g/mol. The van der Waals surface area contributed by atoms with Gasteiger partial charge in [0.2, 0.25) is 0 Å². The maximum absolute atomic E-state index is 12.3. The zero-order valence-electron chi connectivity index (χ0n) is 15.4. The molecule has 0 aliphatic carbocycles. The van der Waals surface area contributed by atoms with Crippen LogP contribution >= 0.6 is 0 Å². The summed E-state index contributed by atoms with van der Waals surface area (Å²) in [6.07, 6.45) is 0. The van der Waals surface area contributed by atoms with Gasteiger partial charge in [-0.15, -0.1) is 0 Å². The summed E-state index contributed by atoms with van der Waals surface area (Å²) in [6.45, 7) is 5.52. The normalized spacial score (nSPS) is 10.1. The Labute approximate surface area is 154 Å². The number of para-hydroxylation sites is 2. The van der Waals surface area contributed by atoms with Crippen LogP contribution in [0.4, 0.5) is 0 Å². The molecule has 1 N–H and O–H groups in total.